The van der Waals surface area contributed by atoms with Gasteiger partial charge >= 0.3 is 0 Å². The standard InChI is InChI=1S/C20H22N4O2/c1-3-15-8-10-18(11-9-15)26-13-19(25)22-17-7-5-6-16(12-17)20-23-21-14-24(20)4-2/h5-12,14H,3-4,13H2,1-2H3,(H,22,25). The maximum Gasteiger partial charge on any atom is 0.262 e. The van der Waals surface area contributed by atoms with Crippen LogP contribution in [0.3, 0.4) is 0 Å². The summed E-state index contributed by atoms with van der Waals surface area (Å²) in [6.07, 6.45) is 2.67. The Morgan fingerprint density at radius 1 is 1.15 bits per heavy atom. The number of carbonyl (C=O) groups excluding carboxylic acids is 1. The smallest absolute Gasteiger partial charge is 0.262 e. The van der Waals surface area contributed by atoms with Gasteiger partial charge in [-0.15, -0.1) is 10.2 Å². The molecule has 0 aliphatic rings. The molecule has 2 aromatic carbocycles. The molecule has 0 aliphatic heterocycles. The minimum absolute atomic E-state index is 0.0408. The highest BCUT2D eigenvalue weighted by Crippen LogP contribution is 2.21. The second-order valence-corrected chi connectivity index (χ2v) is 5.86. The predicted molar refractivity (Wildman–Crippen MR) is 101 cm³/mol. The number of aromatic nitrogens is 3. The van der Waals surface area contributed by atoms with Crippen LogP contribution in [0.25, 0.3) is 11.4 Å². The van der Waals surface area contributed by atoms with Crippen molar-refractivity contribution >= 4 is 11.6 Å². The lowest BCUT2D eigenvalue weighted by Crippen LogP contribution is -2.20. The summed E-state index contributed by atoms with van der Waals surface area (Å²) in [6, 6.07) is 15.3. The van der Waals surface area contributed by atoms with E-state index in [0.29, 0.717) is 11.4 Å². The van der Waals surface area contributed by atoms with E-state index in [1.54, 1.807) is 6.33 Å². The van der Waals surface area contributed by atoms with Crippen molar-refractivity contribution in [2.45, 2.75) is 26.8 Å². The first kappa shape index (κ1) is 17.7. The van der Waals surface area contributed by atoms with Crippen LogP contribution in [0.5, 0.6) is 5.75 Å². The molecule has 26 heavy (non-hydrogen) atoms. The van der Waals surface area contributed by atoms with Gasteiger partial charge in [0.15, 0.2) is 12.4 Å². The van der Waals surface area contributed by atoms with Crippen LogP contribution in [-0.2, 0) is 17.8 Å². The summed E-state index contributed by atoms with van der Waals surface area (Å²) in [5, 5.41) is 10.9. The summed E-state index contributed by atoms with van der Waals surface area (Å²) in [5.74, 6) is 1.25. The molecule has 3 aromatic rings. The largest absolute Gasteiger partial charge is 0.484 e. The molecule has 6 heteroatoms. The SMILES string of the molecule is CCc1ccc(OCC(=O)Nc2cccc(-c3nncn3CC)c2)cc1. The fourth-order valence-corrected chi connectivity index (χ4v) is 2.61. The molecule has 1 N–H and O–H groups in total. The topological polar surface area (TPSA) is 69.0 Å². The molecule has 1 heterocycles. The molecule has 0 atom stereocenters. The van der Waals surface area contributed by atoms with Gasteiger partial charge in [0.25, 0.3) is 5.91 Å². The summed E-state index contributed by atoms with van der Waals surface area (Å²) < 4.78 is 7.49. The molecule has 6 nitrogen and oxygen atoms in total. The second-order valence-electron chi connectivity index (χ2n) is 5.86. The third-order valence-corrected chi connectivity index (χ3v) is 4.06. The lowest BCUT2D eigenvalue weighted by Gasteiger charge is -2.09. The molecule has 0 saturated carbocycles. The van der Waals surface area contributed by atoms with E-state index in [1.165, 1.54) is 5.56 Å². The van der Waals surface area contributed by atoms with Crippen molar-refractivity contribution in [2.75, 3.05) is 11.9 Å². The van der Waals surface area contributed by atoms with E-state index < -0.39 is 0 Å². The van der Waals surface area contributed by atoms with E-state index >= 15 is 0 Å². The van der Waals surface area contributed by atoms with E-state index in [1.807, 2.05) is 60.0 Å². The number of benzene rings is 2. The van der Waals surface area contributed by atoms with Gasteiger partial charge < -0.3 is 14.6 Å². The van der Waals surface area contributed by atoms with Gasteiger partial charge in [-0.1, -0.05) is 31.2 Å². The molecule has 0 bridgehead atoms. The Kier molecular flexibility index (Phi) is 5.63. The van der Waals surface area contributed by atoms with Crippen molar-refractivity contribution < 1.29 is 9.53 Å². The monoisotopic (exact) mass is 350 g/mol. The summed E-state index contributed by atoms with van der Waals surface area (Å²) in [4.78, 5) is 12.2. The molecule has 0 spiro atoms. The van der Waals surface area contributed by atoms with Crippen molar-refractivity contribution in [3.63, 3.8) is 0 Å². The highest BCUT2D eigenvalue weighted by molar-refractivity contribution is 5.92. The van der Waals surface area contributed by atoms with Gasteiger partial charge in [-0.2, -0.15) is 0 Å². The average Bonchev–Trinajstić information content (AvgIpc) is 3.16. The van der Waals surface area contributed by atoms with Gasteiger partial charge in [0.1, 0.15) is 12.1 Å². The number of rotatable bonds is 7. The first-order valence-electron chi connectivity index (χ1n) is 8.69. The Bertz CT molecular complexity index is 872. The zero-order valence-corrected chi connectivity index (χ0v) is 15.0. The highest BCUT2D eigenvalue weighted by atomic mass is 16.5. The van der Waals surface area contributed by atoms with Crippen LogP contribution in [0.15, 0.2) is 54.9 Å². The minimum Gasteiger partial charge on any atom is -0.484 e. The van der Waals surface area contributed by atoms with Gasteiger partial charge in [0.05, 0.1) is 0 Å². The number of carbonyl (C=O) groups is 1. The maximum absolute atomic E-state index is 12.2. The molecule has 3 rings (SSSR count). The van der Waals surface area contributed by atoms with Gasteiger partial charge in [0, 0.05) is 17.8 Å². The van der Waals surface area contributed by atoms with E-state index in [0.717, 1.165) is 24.4 Å². The number of nitrogens with zero attached hydrogens (tertiary/aromatic N) is 3. The van der Waals surface area contributed by atoms with Crippen molar-refractivity contribution in [3.8, 4) is 17.1 Å². The van der Waals surface area contributed by atoms with Crippen LogP contribution < -0.4 is 10.1 Å². The van der Waals surface area contributed by atoms with Gasteiger partial charge in [-0.3, -0.25) is 4.79 Å². The van der Waals surface area contributed by atoms with E-state index in [2.05, 4.69) is 22.4 Å². The number of anilines is 1. The third-order valence-electron chi connectivity index (χ3n) is 4.06. The number of aryl methyl sites for hydroxylation is 2. The fourth-order valence-electron chi connectivity index (χ4n) is 2.61. The second kappa shape index (κ2) is 8.29. The Hall–Kier alpha value is -3.15. The van der Waals surface area contributed by atoms with Gasteiger partial charge in [0.2, 0.25) is 0 Å². The Labute approximate surface area is 152 Å². The molecule has 0 fully saturated rings. The number of amides is 1. The first-order chi connectivity index (χ1) is 12.7. The van der Waals surface area contributed by atoms with Crippen molar-refractivity contribution in [1.29, 1.82) is 0 Å². The lowest BCUT2D eigenvalue weighted by atomic mass is 10.2. The molecule has 134 valence electrons. The van der Waals surface area contributed by atoms with Gasteiger partial charge in [-0.25, -0.2) is 0 Å². The Morgan fingerprint density at radius 2 is 1.96 bits per heavy atom. The molecule has 1 amide bonds. The number of hydrogen-bond donors (Lipinski definition) is 1. The Balaban J connectivity index is 1.61. The quantitative estimate of drug-likeness (QED) is 0.707. The maximum atomic E-state index is 12.2. The van der Waals surface area contributed by atoms with E-state index in [4.69, 9.17) is 4.74 Å². The van der Waals surface area contributed by atoms with Crippen LogP contribution >= 0.6 is 0 Å². The van der Waals surface area contributed by atoms with Gasteiger partial charge in [-0.05, 0) is 43.2 Å². The fraction of sp³-hybridized carbons (Fsp3) is 0.250. The molecule has 0 radical (unpaired) electrons. The molecule has 0 aliphatic carbocycles. The molecular formula is C20H22N4O2. The van der Waals surface area contributed by atoms with Crippen molar-refractivity contribution in [1.82, 2.24) is 14.8 Å². The van der Waals surface area contributed by atoms with Crippen molar-refractivity contribution in [3.05, 3.63) is 60.4 Å². The van der Waals surface area contributed by atoms with E-state index in [-0.39, 0.29) is 12.5 Å². The highest BCUT2D eigenvalue weighted by Gasteiger charge is 2.09. The zero-order chi connectivity index (χ0) is 18.4. The summed E-state index contributed by atoms with van der Waals surface area (Å²) in [6.45, 7) is 4.87. The first-order valence-corrected chi connectivity index (χ1v) is 8.69. The normalized spacial score (nSPS) is 10.5. The molecular weight excluding hydrogens is 328 g/mol. The van der Waals surface area contributed by atoms with Crippen molar-refractivity contribution in [2.24, 2.45) is 0 Å². The van der Waals surface area contributed by atoms with Crippen LogP contribution in [0.2, 0.25) is 0 Å². The van der Waals surface area contributed by atoms with E-state index in [9.17, 15) is 4.79 Å². The van der Waals surface area contributed by atoms with Crippen LogP contribution in [-0.4, -0.2) is 27.3 Å². The Morgan fingerprint density at radius 3 is 2.69 bits per heavy atom. The summed E-state index contributed by atoms with van der Waals surface area (Å²) in [7, 11) is 0. The van der Waals surface area contributed by atoms with Crippen LogP contribution in [0, 0.1) is 0 Å². The number of hydrogen-bond acceptors (Lipinski definition) is 4. The zero-order valence-electron chi connectivity index (χ0n) is 15.0. The predicted octanol–water partition coefficient (Wildman–Crippen LogP) is 3.54. The minimum atomic E-state index is -0.210. The van der Waals surface area contributed by atoms with Crippen LogP contribution in [0.4, 0.5) is 5.69 Å². The number of nitrogens with one attached hydrogen (secondary N) is 1. The average molecular weight is 350 g/mol. The third kappa shape index (κ3) is 4.27. The molecule has 0 unspecified atom stereocenters. The lowest BCUT2D eigenvalue weighted by molar-refractivity contribution is -0.118. The van der Waals surface area contributed by atoms with Crippen LogP contribution in [0.1, 0.15) is 19.4 Å². The number of ether oxygens (including phenoxy) is 1. The molecule has 1 aromatic heterocycles. The summed E-state index contributed by atoms with van der Waals surface area (Å²) >= 11 is 0. The molecule has 0 saturated heterocycles. The summed E-state index contributed by atoms with van der Waals surface area (Å²) in [5.41, 5.74) is 2.83.